The van der Waals surface area contributed by atoms with Crippen molar-refractivity contribution in [2.24, 2.45) is 0 Å². The molecule has 0 aromatic heterocycles. The normalized spacial score (nSPS) is 10.3. The Labute approximate surface area is 150 Å². The molecule has 3 amide bonds. The summed E-state index contributed by atoms with van der Waals surface area (Å²) < 4.78 is 0.976. The molecule has 2 rings (SSSR count). The molecule has 0 aliphatic carbocycles. The summed E-state index contributed by atoms with van der Waals surface area (Å²) in [6.07, 6.45) is 0. The topological polar surface area (TPSA) is 70.2 Å². The van der Waals surface area contributed by atoms with Crippen LogP contribution in [0.25, 0.3) is 0 Å². The van der Waals surface area contributed by atoms with E-state index in [1.54, 1.807) is 24.3 Å². The van der Waals surface area contributed by atoms with E-state index in [2.05, 4.69) is 31.9 Å². The van der Waals surface area contributed by atoms with Gasteiger partial charge in [0, 0.05) is 28.3 Å². The molecule has 0 saturated heterocycles. The summed E-state index contributed by atoms with van der Waals surface area (Å²) in [6.45, 7) is 4.23. The molecule has 2 aromatic carbocycles. The van der Waals surface area contributed by atoms with Crippen LogP contribution in [0.5, 0.6) is 0 Å². The van der Waals surface area contributed by atoms with Crippen molar-refractivity contribution in [3.8, 4) is 0 Å². The van der Waals surface area contributed by atoms with Crippen LogP contribution in [-0.2, 0) is 6.54 Å². The third-order valence-corrected chi connectivity index (χ3v) is 3.66. The van der Waals surface area contributed by atoms with Gasteiger partial charge in [0.2, 0.25) is 0 Å². The van der Waals surface area contributed by atoms with Crippen molar-refractivity contribution in [2.75, 3.05) is 5.32 Å². The van der Waals surface area contributed by atoms with E-state index in [-0.39, 0.29) is 18.0 Å². The van der Waals surface area contributed by atoms with Crippen molar-refractivity contribution >= 4 is 33.6 Å². The predicted octanol–water partition coefficient (Wildman–Crippen LogP) is 3.91. The van der Waals surface area contributed by atoms with E-state index < -0.39 is 0 Å². The maximum absolute atomic E-state index is 12.2. The Morgan fingerprint density at radius 2 is 1.79 bits per heavy atom. The Balaban J connectivity index is 1.90. The van der Waals surface area contributed by atoms with Crippen molar-refractivity contribution in [2.45, 2.75) is 26.4 Å². The Morgan fingerprint density at radius 1 is 1.08 bits per heavy atom. The summed E-state index contributed by atoms with van der Waals surface area (Å²) in [7, 11) is 0. The number of carbonyl (C=O) groups is 2. The average molecular weight is 390 g/mol. The van der Waals surface area contributed by atoms with Crippen LogP contribution in [0.4, 0.5) is 10.5 Å². The second kappa shape index (κ2) is 8.49. The molecule has 5 nitrogen and oxygen atoms in total. The minimum atomic E-state index is -0.267. The summed E-state index contributed by atoms with van der Waals surface area (Å²) in [6, 6.07) is 14.3. The highest BCUT2D eigenvalue weighted by Gasteiger charge is 2.07. The molecule has 6 heteroatoms. The van der Waals surface area contributed by atoms with E-state index >= 15 is 0 Å². The fraction of sp³-hybridized carbons (Fsp3) is 0.222. The number of halogens is 1. The highest BCUT2D eigenvalue weighted by Crippen LogP contribution is 2.12. The Hall–Kier alpha value is -2.34. The van der Waals surface area contributed by atoms with Gasteiger partial charge in [-0.15, -0.1) is 0 Å². The number of nitrogens with one attached hydrogen (secondary N) is 3. The molecule has 0 heterocycles. The van der Waals surface area contributed by atoms with Crippen LogP contribution in [0, 0.1) is 0 Å². The highest BCUT2D eigenvalue weighted by molar-refractivity contribution is 9.10. The SMILES string of the molecule is CC(C)NC(=O)Nc1ccc(C(=O)NCc2cccc(Br)c2)cc1. The largest absolute Gasteiger partial charge is 0.348 e. The molecule has 2 aromatic rings. The van der Waals surface area contributed by atoms with Crippen LogP contribution in [0.2, 0.25) is 0 Å². The number of urea groups is 1. The first kappa shape index (κ1) is 18.0. The number of carbonyl (C=O) groups excluding carboxylic acids is 2. The van der Waals surface area contributed by atoms with E-state index in [0.29, 0.717) is 17.8 Å². The van der Waals surface area contributed by atoms with Crippen LogP contribution in [0.15, 0.2) is 53.0 Å². The third-order valence-electron chi connectivity index (χ3n) is 3.17. The number of anilines is 1. The lowest BCUT2D eigenvalue weighted by atomic mass is 10.2. The first-order valence-electron chi connectivity index (χ1n) is 7.64. The number of rotatable bonds is 5. The number of hydrogen-bond acceptors (Lipinski definition) is 2. The van der Waals surface area contributed by atoms with Crippen molar-refractivity contribution in [3.05, 3.63) is 64.1 Å². The van der Waals surface area contributed by atoms with Crippen LogP contribution in [0.3, 0.4) is 0 Å². The second-order valence-corrected chi connectivity index (χ2v) is 6.56. The molecule has 3 N–H and O–H groups in total. The summed E-state index contributed by atoms with van der Waals surface area (Å²) in [5, 5.41) is 8.32. The van der Waals surface area contributed by atoms with Crippen molar-refractivity contribution in [1.29, 1.82) is 0 Å². The monoisotopic (exact) mass is 389 g/mol. The number of hydrogen-bond donors (Lipinski definition) is 3. The van der Waals surface area contributed by atoms with E-state index in [9.17, 15) is 9.59 Å². The number of amides is 3. The van der Waals surface area contributed by atoms with Gasteiger partial charge in [-0.3, -0.25) is 4.79 Å². The minimum Gasteiger partial charge on any atom is -0.348 e. The van der Waals surface area contributed by atoms with Gasteiger partial charge in [-0.2, -0.15) is 0 Å². The summed E-state index contributed by atoms with van der Waals surface area (Å²) in [5.74, 6) is -0.159. The van der Waals surface area contributed by atoms with Crippen LogP contribution in [-0.4, -0.2) is 18.0 Å². The first-order chi connectivity index (χ1) is 11.4. The van der Waals surface area contributed by atoms with E-state index in [4.69, 9.17) is 0 Å². The molecule has 0 atom stereocenters. The molecule has 0 fully saturated rings. The van der Waals surface area contributed by atoms with E-state index in [1.807, 2.05) is 38.1 Å². The molecule has 0 bridgehead atoms. The van der Waals surface area contributed by atoms with Gasteiger partial charge in [0.15, 0.2) is 0 Å². The van der Waals surface area contributed by atoms with Crippen LogP contribution < -0.4 is 16.0 Å². The first-order valence-corrected chi connectivity index (χ1v) is 8.43. The maximum atomic E-state index is 12.2. The third kappa shape index (κ3) is 5.70. The summed E-state index contributed by atoms with van der Waals surface area (Å²) >= 11 is 3.40. The lowest BCUT2D eigenvalue weighted by Crippen LogP contribution is -2.34. The van der Waals surface area contributed by atoms with Gasteiger partial charge in [-0.25, -0.2) is 4.79 Å². The smallest absolute Gasteiger partial charge is 0.319 e. The van der Waals surface area contributed by atoms with Gasteiger partial charge >= 0.3 is 6.03 Å². The lowest BCUT2D eigenvalue weighted by molar-refractivity contribution is 0.0951. The van der Waals surface area contributed by atoms with E-state index in [1.165, 1.54) is 0 Å². The lowest BCUT2D eigenvalue weighted by Gasteiger charge is -2.10. The molecule has 0 spiro atoms. The molecule has 0 unspecified atom stereocenters. The molecular weight excluding hydrogens is 370 g/mol. The van der Waals surface area contributed by atoms with Gasteiger partial charge in [-0.1, -0.05) is 28.1 Å². The van der Waals surface area contributed by atoms with Gasteiger partial charge < -0.3 is 16.0 Å². The molecule has 0 saturated carbocycles. The standard InChI is InChI=1S/C18H20BrN3O2/c1-12(2)21-18(24)22-16-8-6-14(7-9-16)17(23)20-11-13-4-3-5-15(19)10-13/h3-10,12H,11H2,1-2H3,(H,20,23)(H2,21,22,24). The van der Waals surface area contributed by atoms with Gasteiger partial charge in [0.1, 0.15) is 0 Å². The molecule has 0 radical (unpaired) electrons. The highest BCUT2D eigenvalue weighted by atomic mass is 79.9. The minimum absolute atomic E-state index is 0.0630. The number of benzene rings is 2. The second-order valence-electron chi connectivity index (χ2n) is 5.64. The fourth-order valence-corrected chi connectivity index (χ4v) is 2.51. The van der Waals surface area contributed by atoms with Gasteiger partial charge in [0.05, 0.1) is 0 Å². The van der Waals surface area contributed by atoms with Crippen LogP contribution in [0.1, 0.15) is 29.8 Å². The Kier molecular flexibility index (Phi) is 6.37. The average Bonchev–Trinajstić information content (AvgIpc) is 2.52. The summed E-state index contributed by atoms with van der Waals surface area (Å²) in [5.41, 5.74) is 2.19. The zero-order chi connectivity index (χ0) is 17.5. The maximum Gasteiger partial charge on any atom is 0.319 e. The molecule has 126 valence electrons. The van der Waals surface area contributed by atoms with Gasteiger partial charge in [-0.05, 0) is 55.8 Å². The van der Waals surface area contributed by atoms with Gasteiger partial charge in [0.25, 0.3) is 5.91 Å². The Bertz CT molecular complexity index is 714. The molecule has 0 aliphatic rings. The quantitative estimate of drug-likeness (QED) is 0.725. The molecule has 0 aliphatic heterocycles. The molecule has 24 heavy (non-hydrogen) atoms. The zero-order valence-electron chi connectivity index (χ0n) is 13.6. The van der Waals surface area contributed by atoms with E-state index in [0.717, 1.165) is 10.0 Å². The fourth-order valence-electron chi connectivity index (χ4n) is 2.07. The summed E-state index contributed by atoms with van der Waals surface area (Å²) in [4.78, 5) is 23.8. The Morgan fingerprint density at radius 3 is 2.42 bits per heavy atom. The molecular formula is C18H20BrN3O2. The van der Waals surface area contributed by atoms with Crippen molar-refractivity contribution in [1.82, 2.24) is 10.6 Å². The van der Waals surface area contributed by atoms with Crippen LogP contribution >= 0.6 is 15.9 Å². The van der Waals surface area contributed by atoms with Crippen molar-refractivity contribution in [3.63, 3.8) is 0 Å². The van der Waals surface area contributed by atoms with Crippen molar-refractivity contribution < 1.29 is 9.59 Å². The predicted molar refractivity (Wildman–Crippen MR) is 99.0 cm³/mol. The zero-order valence-corrected chi connectivity index (χ0v) is 15.2.